The molecule has 0 saturated carbocycles. The average molecular weight is 234 g/mol. The van der Waals surface area contributed by atoms with Gasteiger partial charge in [0.15, 0.2) is 0 Å². The van der Waals surface area contributed by atoms with Crippen LogP contribution in [-0.2, 0) is 11.3 Å². The Bertz CT molecular complexity index is 356. The van der Waals surface area contributed by atoms with Crippen molar-refractivity contribution in [2.45, 2.75) is 18.6 Å². The Labute approximate surface area is 101 Å². The topological polar surface area (TPSA) is 52.6 Å². The maximum Gasteiger partial charge on any atom is 0.138 e. The molecule has 2 N–H and O–H groups in total. The van der Waals surface area contributed by atoms with Gasteiger partial charge in [-0.05, 0) is 5.56 Å². The minimum Gasteiger partial charge on any atom is -0.395 e. The molecule has 0 aliphatic carbocycles. The zero-order chi connectivity index (χ0) is 12.1. The normalized spacial score (nSPS) is 25.7. The summed E-state index contributed by atoms with van der Waals surface area (Å²) in [6.45, 7) is 2.17. The Morgan fingerprint density at radius 1 is 1.35 bits per heavy atom. The third-order valence-electron chi connectivity index (χ3n) is 3.20. The average Bonchev–Trinajstić information content (AvgIpc) is 2.40. The smallest absolute Gasteiger partial charge is 0.138 e. The fourth-order valence-corrected chi connectivity index (χ4v) is 2.24. The summed E-state index contributed by atoms with van der Waals surface area (Å²) in [5.74, 6) is 0. The van der Waals surface area contributed by atoms with Gasteiger partial charge in [-0.2, -0.15) is 0 Å². The molecule has 0 bridgehead atoms. The number of hydrogen-bond donors (Lipinski definition) is 2. The highest BCUT2D eigenvalue weighted by molar-refractivity contribution is 5.58. The highest BCUT2D eigenvalue weighted by Crippen LogP contribution is 2.13. The molecule has 4 nitrogen and oxygen atoms in total. The van der Waals surface area contributed by atoms with E-state index in [1.807, 2.05) is 30.3 Å². The third-order valence-corrected chi connectivity index (χ3v) is 3.20. The van der Waals surface area contributed by atoms with E-state index in [4.69, 9.17) is 0 Å². The van der Waals surface area contributed by atoms with Gasteiger partial charge >= 0.3 is 0 Å². The van der Waals surface area contributed by atoms with Crippen molar-refractivity contribution in [3.8, 4) is 0 Å². The van der Waals surface area contributed by atoms with Crippen molar-refractivity contribution in [2.24, 2.45) is 0 Å². The molecule has 1 aliphatic heterocycles. The van der Waals surface area contributed by atoms with Crippen LogP contribution in [0.1, 0.15) is 5.56 Å². The molecule has 2 atom stereocenters. The zero-order valence-corrected chi connectivity index (χ0v) is 9.75. The lowest BCUT2D eigenvalue weighted by molar-refractivity contribution is -0.114. The van der Waals surface area contributed by atoms with Gasteiger partial charge in [0.05, 0.1) is 12.6 Å². The summed E-state index contributed by atoms with van der Waals surface area (Å²) in [6.07, 6.45) is 0.956. The fourth-order valence-electron chi connectivity index (χ4n) is 2.24. The SMILES string of the molecule is O=CC1CNCC(CO)N1Cc1ccccc1. The Balaban J connectivity index is 2.11. The summed E-state index contributed by atoms with van der Waals surface area (Å²) < 4.78 is 0. The third kappa shape index (κ3) is 2.91. The van der Waals surface area contributed by atoms with Gasteiger partial charge in [-0.1, -0.05) is 30.3 Å². The monoisotopic (exact) mass is 234 g/mol. The number of carbonyl (C=O) groups excluding carboxylic acids is 1. The lowest BCUT2D eigenvalue weighted by Crippen LogP contribution is -2.58. The molecule has 0 radical (unpaired) electrons. The van der Waals surface area contributed by atoms with Crippen LogP contribution in [0, 0.1) is 0 Å². The van der Waals surface area contributed by atoms with Crippen LogP contribution in [0.3, 0.4) is 0 Å². The van der Waals surface area contributed by atoms with Crippen molar-refractivity contribution in [1.29, 1.82) is 0 Å². The number of piperazine rings is 1. The van der Waals surface area contributed by atoms with Crippen LogP contribution in [0.4, 0.5) is 0 Å². The van der Waals surface area contributed by atoms with E-state index >= 15 is 0 Å². The molecule has 1 fully saturated rings. The second-order valence-electron chi connectivity index (χ2n) is 4.36. The van der Waals surface area contributed by atoms with Crippen molar-refractivity contribution < 1.29 is 9.90 Å². The van der Waals surface area contributed by atoms with E-state index in [9.17, 15) is 9.90 Å². The first kappa shape index (κ1) is 12.2. The lowest BCUT2D eigenvalue weighted by Gasteiger charge is -2.39. The second-order valence-corrected chi connectivity index (χ2v) is 4.36. The molecular formula is C13H18N2O2. The van der Waals surface area contributed by atoms with Gasteiger partial charge in [0.2, 0.25) is 0 Å². The van der Waals surface area contributed by atoms with Gasteiger partial charge in [0.1, 0.15) is 6.29 Å². The van der Waals surface area contributed by atoms with E-state index in [0.29, 0.717) is 13.1 Å². The van der Waals surface area contributed by atoms with Gasteiger partial charge < -0.3 is 15.2 Å². The molecule has 17 heavy (non-hydrogen) atoms. The number of nitrogens with zero attached hydrogens (tertiary/aromatic N) is 1. The molecule has 1 aromatic rings. The second kappa shape index (κ2) is 5.91. The Hall–Kier alpha value is -1.23. The molecule has 0 spiro atoms. The highest BCUT2D eigenvalue weighted by atomic mass is 16.3. The fraction of sp³-hybridized carbons (Fsp3) is 0.462. The number of hydrogen-bond acceptors (Lipinski definition) is 4. The van der Waals surface area contributed by atoms with Crippen molar-refractivity contribution in [2.75, 3.05) is 19.7 Å². The number of carbonyl (C=O) groups is 1. The summed E-state index contributed by atoms with van der Waals surface area (Å²) in [6, 6.07) is 9.89. The number of benzene rings is 1. The predicted octanol–water partition coefficient (Wildman–Crippen LogP) is 0.0202. The van der Waals surface area contributed by atoms with Gasteiger partial charge in [-0.3, -0.25) is 4.90 Å². The van der Waals surface area contributed by atoms with Crippen LogP contribution in [-0.4, -0.2) is 48.1 Å². The van der Waals surface area contributed by atoms with Crippen LogP contribution >= 0.6 is 0 Å². The molecular weight excluding hydrogens is 216 g/mol. The molecule has 0 aromatic heterocycles. The summed E-state index contributed by atoms with van der Waals surface area (Å²) >= 11 is 0. The number of nitrogens with one attached hydrogen (secondary N) is 1. The largest absolute Gasteiger partial charge is 0.395 e. The Morgan fingerprint density at radius 3 is 2.76 bits per heavy atom. The predicted molar refractivity (Wildman–Crippen MR) is 65.6 cm³/mol. The quantitative estimate of drug-likeness (QED) is 0.721. The van der Waals surface area contributed by atoms with Crippen LogP contribution in [0.25, 0.3) is 0 Å². The molecule has 92 valence electrons. The molecule has 2 unspecified atom stereocenters. The van der Waals surface area contributed by atoms with E-state index in [0.717, 1.165) is 12.8 Å². The van der Waals surface area contributed by atoms with E-state index < -0.39 is 0 Å². The molecule has 2 rings (SSSR count). The zero-order valence-electron chi connectivity index (χ0n) is 9.75. The first-order valence-electron chi connectivity index (χ1n) is 5.91. The van der Waals surface area contributed by atoms with Crippen molar-refractivity contribution in [3.63, 3.8) is 0 Å². The van der Waals surface area contributed by atoms with E-state index in [-0.39, 0.29) is 18.7 Å². The highest BCUT2D eigenvalue weighted by Gasteiger charge is 2.29. The molecule has 1 aliphatic rings. The van der Waals surface area contributed by atoms with Crippen molar-refractivity contribution in [3.05, 3.63) is 35.9 Å². The minimum atomic E-state index is -0.152. The first-order chi connectivity index (χ1) is 8.35. The van der Waals surface area contributed by atoms with Crippen LogP contribution < -0.4 is 5.32 Å². The van der Waals surface area contributed by atoms with E-state index in [1.165, 1.54) is 5.56 Å². The molecule has 1 heterocycles. The number of aliphatic hydroxyl groups excluding tert-OH is 1. The van der Waals surface area contributed by atoms with Crippen LogP contribution in [0.5, 0.6) is 0 Å². The maximum absolute atomic E-state index is 11.1. The molecule has 1 saturated heterocycles. The molecule has 4 heteroatoms. The van der Waals surface area contributed by atoms with E-state index in [2.05, 4.69) is 10.2 Å². The Kier molecular flexibility index (Phi) is 4.25. The van der Waals surface area contributed by atoms with Gasteiger partial charge in [-0.25, -0.2) is 0 Å². The number of rotatable bonds is 4. The molecule has 1 aromatic carbocycles. The van der Waals surface area contributed by atoms with Crippen LogP contribution in [0.2, 0.25) is 0 Å². The Morgan fingerprint density at radius 2 is 2.12 bits per heavy atom. The number of aldehydes is 1. The summed E-state index contributed by atoms with van der Waals surface area (Å²) in [5, 5.41) is 12.5. The van der Waals surface area contributed by atoms with Crippen LogP contribution in [0.15, 0.2) is 30.3 Å². The van der Waals surface area contributed by atoms with Crippen molar-refractivity contribution >= 4 is 6.29 Å². The van der Waals surface area contributed by atoms with E-state index in [1.54, 1.807) is 0 Å². The van der Waals surface area contributed by atoms with Crippen molar-refractivity contribution in [1.82, 2.24) is 10.2 Å². The number of aliphatic hydroxyl groups is 1. The summed E-state index contributed by atoms with van der Waals surface area (Å²) in [5.41, 5.74) is 1.17. The standard InChI is InChI=1S/C13H18N2O2/c16-9-12-6-14-7-13(10-17)15(12)8-11-4-2-1-3-5-11/h1-5,9,12-14,17H,6-8,10H2. The lowest BCUT2D eigenvalue weighted by atomic mass is 10.1. The molecule has 0 amide bonds. The van der Waals surface area contributed by atoms with Gasteiger partial charge in [-0.15, -0.1) is 0 Å². The van der Waals surface area contributed by atoms with Gasteiger partial charge in [0, 0.05) is 25.7 Å². The first-order valence-corrected chi connectivity index (χ1v) is 5.91. The summed E-state index contributed by atoms with van der Waals surface area (Å²) in [4.78, 5) is 13.1. The minimum absolute atomic E-state index is 0.0131. The maximum atomic E-state index is 11.1. The summed E-state index contributed by atoms with van der Waals surface area (Å²) in [7, 11) is 0. The van der Waals surface area contributed by atoms with Gasteiger partial charge in [0.25, 0.3) is 0 Å².